The SMILES string of the molecule is CNCCCN1CCN(C2CCCC2)CC1. The van der Waals surface area contributed by atoms with Crippen LogP contribution in [0.3, 0.4) is 0 Å². The first-order valence-corrected chi connectivity index (χ1v) is 7.01. The van der Waals surface area contributed by atoms with Crippen molar-refractivity contribution in [3.63, 3.8) is 0 Å². The molecule has 0 amide bonds. The van der Waals surface area contributed by atoms with Gasteiger partial charge in [0.1, 0.15) is 0 Å². The van der Waals surface area contributed by atoms with Gasteiger partial charge in [-0.1, -0.05) is 12.8 Å². The first-order chi connectivity index (χ1) is 7.90. The smallest absolute Gasteiger partial charge is 0.0113 e. The molecule has 0 unspecified atom stereocenters. The standard InChI is InChI=1S/C13H27N3/c1-14-7-4-8-15-9-11-16(12-10-15)13-5-2-3-6-13/h13-14H,2-12H2,1H3. The average Bonchev–Trinajstić information content (AvgIpc) is 2.84. The molecule has 1 saturated carbocycles. The molecule has 1 saturated heterocycles. The predicted octanol–water partition coefficient (Wildman–Crippen LogP) is 1.16. The van der Waals surface area contributed by atoms with Gasteiger partial charge in [0, 0.05) is 32.2 Å². The van der Waals surface area contributed by atoms with Crippen LogP contribution in [0.1, 0.15) is 32.1 Å². The molecule has 0 radical (unpaired) electrons. The number of hydrogen-bond donors (Lipinski definition) is 1. The summed E-state index contributed by atoms with van der Waals surface area (Å²) < 4.78 is 0. The van der Waals surface area contributed by atoms with Crippen LogP contribution in [0, 0.1) is 0 Å². The normalized spacial score (nSPS) is 25.3. The van der Waals surface area contributed by atoms with E-state index >= 15 is 0 Å². The van der Waals surface area contributed by atoms with Crippen LogP contribution in [0.5, 0.6) is 0 Å². The molecule has 0 bridgehead atoms. The van der Waals surface area contributed by atoms with Crippen molar-refractivity contribution >= 4 is 0 Å². The van der Waals surface area contributed by atoms with Crippen LogP contribution in [0.2, 0.25) is 0 Å². The third-order valence-corrected chi connectivity index (χ3v) is 4.15. The van der Waals surface area contributed by atoms with Crippen molar-refractivity contribution in [2.24, 2.45) is 0 Å². The van der Waals surface area contributed by atoms with Crippen molar-refractivity contribution in [3.8, 4) is 0 Å². The van der Waals surface area contributed by atoms with E-state index in [9.17, 15) is 0 Å². The molecule has 1 heterocycles. The maximum absolute atomic E-state index is 3.22. The largest absolute Gasteiger partial charge is 0.320 e. The van der Waals surface area contributed by atoms with E-state index in [1.165, 1.54) is 64.8 Å². The van der Waals surface area contributed by atoms with Gasteiger partial charge in [-0.2, -0.15) is 0 Å². The van der Waals surface area contributed by atoms with Crippen molar-refractivity contribution < 1.29 is 0 Å². The number of hydrogen-bond acceptors (Lipinski definition) is 3. The molecule has 2 aliphatic rings. The van der Waals surface area contributed by atoms with Gasteiger partial charge in [0.15, 0.2) is 0 Å². The van der Waals surface area contributed by atoms with Crippen LogP contribution in [0.4, 0.5) is 0 Å². The molecule has 2 rings (SSSR count). The van der Waals surface area contributed by atoms with Gasteiger partial charge in [-0.05, 0) is 39.4 Å². The monoisotopic (exact) mass is 225 g/mol. The third kappa shape index (κ3) is 3.44. The quantitative estimate of drug-likeness (QED) is 0.708. The Morgan fingerprint density at radius 3 is 2.38 bits per heavy atom. The molecule has 0 spiro atoms. The Bertz CT molecular complexity index is 182. The minimum Gasteiger partial charge on any atom is -0.320 e. The Labute approximate surface area is 100 Å². The molecule has 3 heteroatoms. The molecule has 94 valence electrons. The number of nitrogens with zero attached hydrogens (tertiary/aromatic N) is 2. The lowest BCUT2D eigenvalue weighted by Gasteiger charge is -2.38. The maximum atomic E-state index is 3.22. The highest BCUT2D eigenvalue weighted by atomic mass is 15.3. The summed E-state index contributed by atoms with van der Waals surface area (Å²) in [4.78, 5) is 5.37. The van der Waals surface area contributed by atoms with E-state index in [1.807, 2.05) is 7.05 Å². The highest BCUT2D eigenvalue weighted by molar-refractivity contribution is 4.81. The first kappa shape index (κ1) is 12.3. The number of piperazine rings is 1. The van der Waals surface area contributed by atoms with Gasteiger partial charge >= 0.3 is 0 Å². The number of nitrogens with one attached hydrogen (secondary N) is 1. The fourth-order valence-corrected chi connectivity index (χ4v) is 3.10. The number of rotatable bonds is 5. The zero-order valence-electron chi connectivity index (χ0n) is 10.7. The van der Waals surface area contributed by atoms with Crippen molar-refractivity contribution in [1.29, 1.82) is 0 Å². The summed E-state index contributed by atoms with van der Waals surface area (Å²) in [6.07, 6.45) is 7.14. The lowest BCUT2D eigenvalue weighted by molar-refractivity contribution is 0.0973. The summed E-state index contributed by atoms with van der Waals surface area (Å²) in [6.45, 7) is 7.64. The van der Waals surface area contributed by atoms with E-state index in [2.05, 4.69) is 15.1 Å². The summed E-state index contributed by atoms with van der Waals surface area (Å²) in [5, 5.41) is 3.22. The molecule has 0 aromatic carbocycles. The van der Waals surface area contributed by atoms with Gasteiger partial charge in [0.25, 0.3) is 0 Å². The van der Waals surface area contributed by atoms with Crippen LogP contribution < -0.4 is 5.32 Å². The molecule has 3 nitrogen and oxygen atoms in total. The zero-order valence-corrected chi connectivity index (χ0v) is 10.7. The summed E-state index contributed by atoms with van der Waals surface area (Å²) >= 11 is 0. The molecule has 0 aromatic heterocycles. The van der Waals surface area contributed by atoms with Crippen LogP contribution >= 0.6 is 0 Å². The zero-order chi connectivity index (χ0) is 11.2. The highest BCUT2D eigenvalue weighted by Gasteiger charge is 2.25. The Kier molecular flexibility index (Phi) is 5.07. The van der Waals surface area contributed by atoms with Gasteiger partial charge < -0.3 is 10.2 Å². The van der Waals surface area contributed by atoms with Crippen LogP contribution in [-0.4, -0.2) is 62.2 Å². The van der Waals surface area contributed by atoms with Gasteiger partial charge in [-0.15, -0.1) is 0 Å². The van der Waals surface area contributed by atoms with E-state index in [1.54, 1.807) is 0 Å². The summed E-state index contributed by atoms with van der Waals surface area (Å²) in [6, 6.07) is 0.930. The van der Waals surface area contributed by atoms with E-state index < -0.39 is 0 Å². The van der Waals surface area contributed by atoms with Gasteiger partial charge in [-0.3, -0.25) is 4.90 Å². The molecule has 1 aliphatic heterocycles. The average molecular weight is 225 g/mol. The molecule has 2 fully saturated rings. The topological polar surface area (TPSA) is 18.5 Å². The van der Waals surface area contributed by atoms with Gasteiger partial charge in [0.2, 0.25) is 0 Å². The van der Waals surface area contributed by atoms with Crippen molar-refractivity contribution in [2.45, 2.75) is 38.1 Å². The summed E-state index contributed by atoms with van der Waals surface area (Å²) in [7, 11) is 2.04. The van der Waals surface area contributed by atoms with E-state index in [0.717, 1.165) is 12.6 Å². The Morgan fingerprint density at radius 2 is 1.75 bits per heavy atom. The maximum Gasteiger partial charge on any atom is 0.0113 e. The van der Waals surface area contributed by atoms with Crippen molar-refractivity contribution in [3.05, 3.63) is 0 Å². The van der Waals surface area contributed by atoms with Crippen molar-refractivity contribution in [2.75, 3.05) is 46.3 Å². The summed E-state index contributed by atoms with van der Waals surface area (Å²) in [5.74, 6) is 0. The molecule has 1 N–H and O–H groups in total. The van der Waals surface area contributed by atoms with E-state index in [-0.39, 0.29) is 0 Å². The van der Waals surface area contributed by atoms with E-state index in [4.69, 9.17) is 0 Å². The molecule has 1 aliphatic carbocycles. The lowest BCUT2D eigenvalue weighted by atomic mass is 10.2. The van der Waals surface area contributed by atoms with Crippen LogP contribution in [0.25, 0.3) is 0 Å². The molecular formula is C13H27N3. The second-order valence-corrected chi connectivity index (χ2v) is 5.27. The fraction of sp³-hybridized carbons (Fsp3) is 1.00. The second-order valence-electron chi connectivity index (χ2n) is 5.27. The molecule has 0 aromatic rings. The predicted molar refractivity (Wildman–Crippen MR) is 68.8 cm³/mol. The minimum absolute atomic E-state index is 0.930. The van der Waals surface area contributed by atoms with Crippen LogP contribution in [0.15, 0.2) is 0 Å². The summed E-state index contributed by atoms with van der Waals surface area (Å²) in [5.41, 5.74) is 0. The molecule has 16 heavy (non-hydrogen) atoms. The van der Waals surface area contributed by atoms with Gasteiger partial charge in [0.05, 0.1) is 0 Å². The highest BCUT2D eigenvalue weighted by Crippen LogP contribution is 2.24. The third-order valence-electron chi connectivity index (χ3n) is 4.15. The van der Waals surface area contributed by atoms with Crippen molar-refractivity contribution in [1.82, 2.24) is 15.1 Å². The Hall–Kier alpha value is -0.120. The lowest BCUT2D eigenvalue weighted by Crippen LogP contribution is -2.49. The minimum atomic E-state index is 0.930. The van der Waals surface area contributed by atoms with E-state index in [0.29, 0.717) is 0 Å². The first-order valence-electron chi connectivity index (χ1n) is 7.01. The Balaban J connectivity index is 1.62. The molecule has 0 atom stereocenters. The fourth-order valence-electron chi connectivity index (χ4n) is 3.10. The van der Waals surface area contributed by atoms with Crippen LogP contribution in [-0.2, 0) is 0 Å². The van der Waals surface area contributed by atoms with Gasteiger partial charge in [-0.25, -0.2) is 0 Å². The molecular weight excluding hydrogens is 198 g/mol. The second kappa shape index (κ2) is 6.58. The Morgan fingerprint density at radius 1 is 1.06 bits per heavy atom.